The second-order valence-corrected chi connectivity index (χ2v) is 4.22. The maximum Gasteiger partial charge on any atom is 0.306 e. The molecule has 0 aromatic heterocycles. The summed E-state index contributed by atoms with van der Waals surface area (Å²) >= 11 is 0. The summed E-state index contributed by atoms with van der Waals surface area (Å²) in [5.74, 6) is -1.50. The number of nitrogens with zero attached hydrogens (tertiary/aromatic N) is 1. The monoisotopic (exact) mass is 242 g/mol. The van der Waals surface area contributed by atoms with Crippen LogP contribution in [0.25, 0.3) is 0 Å². The molecular formula is C10H14N2O5. The maximum absolute atomic E-state index is 11.5. The van der Waals surface area contributed by atoms with E-state index in [2.05, 4.69) is 5.32 Å². The van der Waals surface area contributed by atoms with Gasteiger partial charge in [-0.15, -0.1) is 0 Å². The zero-order valence-electron chi connectivity index (χ0n) is 9.22. The molecule has 0 aliphatic carbocycles. The van der Waals surface area contributed by atoms with Crippen LogP contribution in [0, 0.1) is 0 Å². The first-order valence-corrected chi connectivity index (χ1v) is 5.47. The molecule has 0 spiro atoms. The van der Waals surface area contributed by atoms with E-state index < -0.39 is 18.1 Å². The number of hydrogen-bond acceptors (Lipinski definition) is 5. The Morgan fingerprint density at radius 2 is 2.29 bits per heavy atom. The zero-order valence-corrected chi connectivity index (χ0v) is 9.22. The van der Waals surface area contributed by atoms with Crippen molar-refractivity contribution in [2.75, 3.05) is 19.7 Å². The van der Waals surface area contributed by atoms with Crippen LogP contribution in [0.2, 0.25) is 0 Å². The van der Waals surface area contributed by atoms with Crippen molar-refractivity contribution in [3.63, 3.8) is 0 Å². The lowest BCUT2D eigenvalue weighted by molar-refractivity contribution is -0.143. The molecule has 2 aliphatic heterocycles. The molecule has 2 amide bonds. The van der Waals surface area contributed by atoms with Crippen molar-refractivity contribution in [1.29, 1.82) is 0 Å². The number of carbonyl (C=O) groups is 3. The minimum atomic E-state index is -0.927. The van der Waals surface area contributed by atoms with Crippen molar-refractivity contribution < 1.29 is 24.2 Å². The largest absolute Gasteiger partial charge is 0.481 e. The first-order chi connectivity index (χ1) is 8.06. The minimum absolute atomic E-state index is 0.0845. The van der Waals surface area contributed by atoms with E-state index in [4.69, 9.17) is 9.84 Å². The predicted molar refractivity (Wildman–Crippen MR) is 55.1 cm³/mol. The van der Waals surface area contributed by atoms with Crippen molar-refractivity contribution in [3.05, 3.63) is 0 Å². The Kier molecular flexibility index (Phi) is 3.39. The van der Waals surface area contributed by atoms with Gasteiger partial charge in [-0.3, -0.25) is 24.6 Å². The van der Waals surface area contributed by atoms with Gasteiger partial charge in [0.05, 0.1) is 31.6 Å². The van der Waals surface area contributed by atoms with Crippen LogP contribution in [0.1, 0.15) is 12.8 Å². The summed E-state index contributed by atoms with van der Waals surface area (Å²) in [4.78, 5) is 35.0. The van der Waals surface area contributed by atoms with Crippen LogP contribution in [0.5, 0.6) is 0 Å². The zero-order chi connectivity index (χ0) is 12.4. The number of carboxylic acid groups (broad SMARTS) is 1. The van der Waals surface area contributed by atoms with E-state index in [0.717, 1.165) is 0 Å². The molecule has 94 valence electrons. The molecule has 2 saturated heterocycles. The van der Waals surface area contributed by atoms with Crippen LogP contribution < -0.4 is 5.32 Å². The number of carbonyl (C=O) groups excluding carboxylic acids is 2. The third-order valence-electron chi connectivity index (χ3n) is 2.96. The molecule has 2 unspecified atom stereocenters. The molecule has 2 aliphatic rings. The summed E-state index contributed by atoms with van der Waals surface area (Å²) in [5, 5.41) is 10.9. The quantitative estimate of drug-likeness (QED) is 0.589. The summed E-state index contributed by atoms with van der Waals surface area (Å²) in [7, 11) is 0. The minimum Gasteiger partial charge on any atom is -0.481 e. The highest BCUT2D eigenvalue weighted by Gasteiger charge is 2.37. The average molecular weight is 242 g/mol. The molecule has 2 fully saturated rings. The van der Waals surface area contributed by atoms with Gasteiger partial charge in [-0.2, -0.15) is 0 Å². The van der Waals surface area contributed by atoms with Crippen LogP contribution in [0.4, 0.5) is 0 Å². The molecule has 2 atom stereocenters. The lowest BCUT2D eigenvalue weighted by Gasteiger charge is -2.34. The van der Waals surface area contributed by atoms with Gasteiger partial charge in [0.15, 0.2) is 0 Å². The van der Waals surface area contributed by atoms with Gasteiger partial charge < -0.3 is 9.84 Å². The van der Waals surface area contributed by atoms with Gasteiger partial charge in [-0.05, 0) is 0 Å². The third kappa shape index (κ3) is 2.80. The Balaban J connectivity index is 1.95. The third-order valence-corrected chi connectivity index (χ3v) is 2.96. The van der Waals surface area contributed by atoms with Crippen LogP contribution in [-0.2, 0) is 19.1 Å². The highest BCUT2D eigenvalue weighted by Crippen LogP contribution is 2.16. The first kappa shape index (κ1) is 12.0. The van der Waals surface area contributed by atoms with Crippen molar-refractivity contribution in [3.8, 4) is 0 Å². The molecule has 2 heterocycles. The van der Waals surface area contributed by atoms with Crippen molar-refractivity contribution in [2.45, 2.75) is 25.0 Å². The van der Waals surface area contributed by atoms with Gasteiger partial charge >= 0.3 is 5.97 Å². The Morgan fingerprint density at radius 3 is 2.88 bits per heavy atom. The fourth-order valence-electron chi connectivity index (χ4n) is 2.18. The van der Waals surface area contributed by atoms with Crippen LogP contribution in [0.3, 0.4) is 0 Å². The summed E-state index contributed by atoms with van der Waals surface area (Å²) < 4.78 is 5.30. The number of nitrogens with one attached hydrogen (secondary N) is 1. The van der Waals surface area contributed by atoms with Crippen LogP contribution in [0.15, 0.2) is 0 Å². The molecule has 7 nitrogen and oxygen atoms in total. The van der Waals surface area contributed by atoms with Crippen LogP contribution in [-0.4, -0.2) is 59.6 Å². The number of aliphatic carboxylic acids is 1. The summed E-state index contributed by atoms with van der Waals surface area (Å²) in [6.07, 6.45) is -0.345. The average Bonchev–Trinajstić information content (AvgIpc) is 2.57. The smallest absolute Gasteiger partial charge is 0.306 e. The molecular weight excluding hydrogens is 228 g/mol. The molecule has 0 radical (unpaired) electrons. The highest BCUT2D eigenvalue weighted by molar-refractivity contribution is 6.05. The van der Waals surface area contributed by atoms with E-state index >= 15 is 0 Å². The Hall–Kier alpha value is -1.47. The Labute approximate surface area is 97.7 Å². The molecule has 2 rings (SSSR count). The number of amides is 2. The van der Waals surface area contributed by atoms with Crippen molar-refractivity contribution in [1.82, 2.24) is 10.2 Å². The van der Waals surface area contributed by atoms with E-state index in [1.165, 1.54) is 0 Å². The first-order valence-electron chi connectivity index (χ1n) is 5.47. The Bertz CT molecular complexity index is 357. The van der Waals surface area contributed by atoms with E-state index in [9.17, 15) is 14.4 Å². The molecule has 17 heavy (non-hydrogen) atoms. The molecule has 0 aromatic carbocycles. The predicted octanol–water partition coefficient (Wildman–Crippen LogP) is -1.42. The summed E-state index contributed by atoms with van der Waals surface area (Å²) in [6.45, 7) is 1.30. The number of hydrogen-bond donors (Lipinski definition) is 2. The summed E-state index contributed by atoms with van der Waals surface area (Å²) in [6, 6.07) is -0.470. The molecule has 0 aromatic rings. The maximum atomic E-state index is 11.5. The fourth-order valence-corrected chi connectivity index (χ4v) is 2.18. The molecule has 7 heteroatoms. The highest BCUT2D eigenvalue weighted by atomic mass is 16.5. The lowest BCUT2D eigenvalue weighted by atomic mass is 10.1. The topological polar surface area (TPSA) is 95.9 Å². The molecule has 2 N–H and O–H groups in total. The standard InChI is InChI=1S/C10H14N2O5/c13-8-4-7(10(16)11-8)12-1-2-17-6(5-12)3-9(14)15/h6-7H,1-5H2,(H,14,15)(H,11,13,16). The number of rotatable bonds is 3. The van der Waals surface area contributed by atoms with Gasteiger partial charge in [-0.25, -0.2) is 0 Å². The van der Waals surface area contributed by atoms with E-state index in [0.29, 0.717) is 19.7 Å². The van der Waals surface area contributed by atoms with E-state index in [1.807, 2.05) is 4.90 Å². The van der Waals surface area contributed by atoms with Crippen molar-refractivity contribution in [2.24, 2.45) is 0 Å². The van der Waals surface area contributed by atoms with Crippen molar-refractivity contribution >= 4 is 17.8 Å². The van der Waals surface area contributed by atoms with Gasteiger partial charge in [0.25, 0.3) is 0 Å². The Morgan fingerprint density at radius 1 is 1.53 bits per heavy atom. The van der Waals surface area contributed by atoms with Gasteiger partial charge in [0.1, 0.15) is 0 Å². The molecule has 0 saturated carbocycles. The number of morpholine rings is 1. The fraction of sp³-hybridized carbons (Fsp3) is 0.700. The van der Waals surface area contributed by atoms with E-state index in [1.54, 1.807) is 0 Å². The van der Waals surface area contributed by atoms with Gasteiger partial charge in [-0.1, -0.05) is 0 Å². The summed E-state index contributed by atoms with van der Waals surface area (Å²) in [5.41, 5.74) is 0. The second-order valence-electron chi connectivity index (χ2n) is 4.22. The number of carboxylic acids is 1. The molecule has 0 bridgehead atoms. The number of ether oxygens (including phenoxy) is 1. The second kappa shape index (κ2) is 4.80. The SMILES string of the molecule is O=C(O)CC1CN(C2CC(=O)NC2=O)CCO1. The normalized spacial score (nSPS) is 30.4. The number of imide groups is 1. The van der Waals surface area contributed by atoms with E-state index in [-0.39, 0.29) is 24.7 Å². The lowest BCUT2D eigenvalue weighted by Crippen LogP contribution is -2.50. The van der Waals surface area contributed by atoms with Gasteiger partial charge in [0, 0.05) is 13.1 Å². The van der Waals surface area contributed by atoms with Crippen LogP contribution >= 0.6 is 0 Å². The van der Waals surface area contributed by atoms with Gasteiger partial charge in [0.2, 0.25) is 11.8 Å².